The number of hydrogen-bond acceptors (Lipinski definition) is 3. The summed E-state index contributed by atoms with van der Waals surface area (Å²) in [5.74, 6) is -1.07. The zero-order chi connectivity index (χ0) is 11.7. The zero-order valence-electron chi connectivity index (χ0n) is 9.95. The molecule has 0 saturated carbocycles. The van der Waals surface area contributed by atoms with Gasteiger partial charge in [-0.1, -0.05) is 6.92 Å². The highest BCUT2D eigenvalue weighted by Gasteiger charge is 2.17. The monoisotopic (exact) mass is 217 g/mol. The van der Waals surface area contributed by atoms with Crippen LogP contribution >= 0.6 is 0 Å². The number of ether oxygens (including phenoxy) is 1. The van der Waals surface area contributed by atoms with Crippen LogP contribution in [0.5, 0.6) is 0 Å². The molecule has 2 atom stereocenters. The van der Waals surface area contributed by atoms with E-state index >= 15 is 0 Å². The number of nitrogens with one attached hydrogen (secondary N) is 1. The summed E-state index contributed by atoms with van der Waals surface area (Å²) in [4.78, 5) is 10.7. The molecule has 0 aromatic heterocycles. The lowest BCUT2D eigenvalue weighted by atomic mass is 10.0. The van der Waals surface area contributed by atoms with Gasteiger partial charge in [0, 0.05) is 19.8 Å². The van der Waals surface area contributed by atoms with E-state index < -0.39 is 5.97 Å². The first kappa shape index (κ1) is 14.4. The summed E-state index contributed by atoms with van der Waals surface area (Å²) in [5, 5.41) is 12.0. The lowest BCUT2D eigenvalue weighted by Gasteiger charge is -2.17. The van der Waals surface area contributed by atoms with Crippen LogP contribution in [0.4, 0.5) is 0 Å². The Hall–Kier alpha value is -0.610. The Labute approximate surface area is 92.0 Å². The van der Waals surface area contributed by atoms with E-state index in [0.29, 0.717) is 0 Å². The summed E-state index contributed by atoms with van der Waals surface area (Å²) in [6.45, 7) is 5.32. The van der Waals surface area contributed by atoms with E-state index in [4.69, 9.17) is 9.84 Å². The van der Waals surface area contributed by atoms with Crippen LogP contribution in [0.15, 0.2) is 0 Å². The Balaban J connectivity index is 3.38. The second-order valence-corrected chi connectivity index (χ2v) is 3.92. The van der Waals surface area contributed by atoms with Gasteiger partial charge in [0.05, 0.1) is 5.92 Å². The molecule has 0 heterocycles. The lowest BCUT2D eigenvalue weighted by Crippen LogP contribution is -2.36. The molecule has 15 heavy (non-hydrogen) atoms. The van der Waals surface area contributed by atoms with Gasteiger partial charge < -0.3 is 15.2 Å². The summed E-state index contributed by atoms with van der Waals surface area (Å²) in [7, 11) is 1.70. The molecule has 4 heteroatoms. The number of carboxylic acid groups (broad SMARTS) is 1. The van der Waals surface area contributed by atoms with Crippen molar-refractivity contribution in [2.75, 3.05) is 20.3 Å². The van der Waals surface area contributed by atoms with Gasteiger partial charge in [-0.25, -0.2) is 0 Å². The second-order valence-electron chi connectivity index (χ2n) is 3.92. The van der Waals surface area contributed by atoms with E-state index in [2.05, 4.69) is 5.32 Å². The Kier molecular flexibility index (Phi) is 8.33. The van der Waals surface area contributed by atoms with Crippen LogP contribution in [0, 0.1) is 5.92 Å². The molecule has 0 aromatic rings. The third kappa shape index (κ3) is 7.33. The molecular weight excluding hydrogens is 194 g/mol. The molecule has 0 amide bonds. The van der Waals surface area contributed by atoms with E-state index in [9.17, 15) is 4.79 Å². The molecule has 0 rings (SSSR count). The van der Waals surface area contributed by atoms with Crippen molar-refractivity contribution in [2.45, 2.75) is 39.2 Å². The molecule has 0 aliphatic rings. The van der Waals surface area contributed by atoms with E-state index in [1.54, 1.807) is 14.0 Å². The van der Waals surface area contributed by atoms with Crippen LogP contribution in [0.1, 0.15) is 33.1 Å². The van der Waals surface area contributed by atoms with Crippen molar-refractivity contribution in [2.24, 2.45) is 5.92 Å². The molecule has 0 saturated heterocycles. The highest BCUT2D eigenvalue weighted by molar-refractivity contribution is 5.70. The molecule has 0 aliphatic heterocycles. The van der Waals surface area contributed by atoms with Crippen LogP contribution in [-0.4, -0.2) is 37.4 Å². The molecule has 0 bridgehead atoms. The summed E-state index contributed by atoms with van der Waals surface area (Å²) >= 11 is 0. The highest BCUT2D eigenvalue weighted by Crippen LogP contribution is 2.02. The number of carbonyl (C=O) groups is 1. The third-order valence-corrected chi connectivity index (χ3v) is 2.63. The predicted octanol–water partition coefficient (Wildman–Crippen LogP) is 1.50. The minimum atomic E-state index is -0.741. The Morgan fingerprint density at radius 1 is 1.33 bits per heavy atom. The lowest BCUT2D eigenvalue weighted by molar-refractivity contribution is -0.141. The third-order valence-electron chi connectivity index (χ3n) is 2.63. The first-order valence-corrected chi connectivity index (χ1v) is 5.54. The van der Waals surface area contributed by atoms with E-state index in [1.165, 1.54) is 0 Å². The van der Waals surface area contributed by atoms with E-state index in [0.717, 1.165) is 32.4 Å². The predicted molar refractivity (Wildman–Crippen MR) is 60.0 cm³/mol. The standard InChI is InChI=1S/C11H23NO3/c1-9(11(13)14)10(2)12-7-5-4-6-8-15-3/h9-10,12H,4-8H2,1-3H3,(H,13,14). The first-order valence-electron chi connectivity index (χ1n) is 5.54. The second kappa shape index (κ2) is 8.68. The Morgan fingerprint density at radius 3 is 2.53 bits per heavy atom. The average molecular weight is 217 g/mol. The van der Waals surface area contributed by atoms with Gasteiger partial charge in [-0.2, -0.15) is 0 Å². The number of hydrogen-bond donors (Lipinski definition) is 2. The van der Waals surface area contributed by atoms with E-state index in [-0.39, 0.29) is 12.0 Å². The summed E-state index contributed by atoms with van der Waals surface area (Å²) in [6.07, 6.45) is 3.26. The van der Waals surface area contributed by atoms with Crippen molar-refractivity contribution in [1.82, 2.24) is 5.32 Å². The topological polar surface area (TPSA) is 58.6 Å². The number of carboxylic acids is 1. The molecule has 0 aliphatic carbocycles. The molecule has 0 spiro atoms. The van der Waals surface area contributed by atoms with Crippen LogP contribution in [0.2, 0.25) is 0 Å². The smallest absolute Gasteiger partial charge is 0.307 e. The van der Waals surface area contributed by atoms with Gasteiger partial charge >= 0.3 is 5.97 Å². The highest BCUT2D eigenvalue weighted by atomic mass is 16.5. The maximum atomic E-state index is 10.7. The van der Waals surface area contributed by atoms with Crippen molar-refractivity contribution in [3.8, 4) is 0 Å². The fraction of sp³-hybridized carbons (Fsp3) is 0.909. The van der Waals surface area contributed by atoms with Crippen LogP contribution in [0.25, 0.3) is 0 Å². The SMILES string of the molecule is COCCCCCNC(C)C(C)C(=O)O. The normalized spacial score (nSPS) is 14.9. The molecule has 0 fully saturated rings. The molecular formula is C11H23NO3. The maximum Gasteiger partial charge on any atom is 0.307 e. The van der Waals surface area contributed by atoms with Gasteiger partial charge in [-0.15, -0.1) is 0 Å². The average Bonchev–Trinajstić information content (AvgIpc) is 2.21. The fourth-order valence-corrected chi connectivity index (χ4v) is 1.27. The minimum absolute atomic E-state index is 0.0323. The Morgan fingerprint density at radius 2 is 2.00 bits per heavy atom. The van der Waals surface area contributed by atoms with Crippen LogP contribution in [-0.2, 0) is 9.53 Å². The van der Waals surface area contributed by atoms with Crippen molar-refractivity contribution < 1.29 is 14.6 Å². The van der Waals surface area contributed by atoms with Crippen LogP contribution in [0.3, 0.4) is 0 Å². The summed E-state index contributed by atoms with van der Waals surface area (Å²) in [5.41, 5.74) is 0. The Bertz CT molecular complexity index is 173. The van der Waals surface area contributed by atoms with Crippen molar-refractivity contribution in [1.29, 1.82) is 0 Å². The van der Waals surface area contributed by atoms with Gasteiger partial charge in [0.2, 0.25) is 0 Å². The molecule has 2 unspecified atom stereocenters. The first-order chi connectivity index (χ1) is 7.09. The maximum absolute atomic E-state index is 10.7. The van der Waals surface area contributed by atoms with Crippen molar-refractivity contribution in [3.05, 3.63) is 0 Å². The van der Waals surface area contributed by atoms with Gasteiger partial charge in [0.1, 0.15) is 0 Å². The number of unbranched alkanes of at least 4 members (excludes halogenated alkanes) is 2. The van der Waals surface area contributed by atoms with Gasteiger partial charge in [-0.3, -0.25) is 4.79 Å². The molecule has 0 radical (unpaired) electrons. The molecule has 4 nitrogen and oxygen atoms in total. The number of rotatable bonds is 9. The van der Waals surface area contributed by atoms with Gasteiger partial charge in [0.15, 0.2) is 0 Å². The van der Waals surface area contributed by atoms with E-state index in [1.807, 2.05) is 6.92 Å². The van der Waals surface area contributed by atoms with Crippen LogP contribution < -0.4 is 5.32 Å². The number of aliphatic carboxylic acids is 1. The summed E-state index contributed by atoms with van der Waals surface area (Å²) in [6, 6.07) is 0.0323. The zero-order valence-corrected chi connectivity index (χ0v) is 9.95. The van der Waals surface area contributed by atoms with Gasteiger partial charge in [0.25, 0.3) is 0 Å². The molecule has 2 N–H and O–H groups in total. The quantitative estimate of drug-likeness (QED) is 0.575. The van der Waals surface area contributed by atoms with Crippen molar-refractivity contribution in [3.63, 3.8) is 0 Å². The minimum Gasteiger partial charge on any atom is -0.481 e. The van der Waals surface area contributed by atoms with Crippen molar-refractivity contribution >= 4 is 5.97 Å². The summed E-state index contributed by atoms with van der Waals surface area (Å²) < 4.78 is 4.94. The molecule has 90 valence electrons. The largest absolute Gasteiger partial charge is 0.481 e. The fourth-order valence-electron chi connectivity index (χ4n) is 1.27. The number of methoxy groups -OCH3 is 1. The molecule has 0 aromatic carbocycles. The van der Waals surface area contributed by atoms with Gasteiger partial charge in [-0.05, 0) is 32.7 Å².